The first-order valence-corrected chi connectivity index (χ1v) is 6.81. The molecule has 0 saturated carbocycles. The average molecular weight is 288 g/mol. The lowest BCUT2D eigenvalue weighted by molar-refractivity contribution is 0.0980. The molecule has 0 bridgehead atoms. The number of aromatic nitrogens is 1. The summed E-state index contributed by atoms with van der Waals surface area (Å²) < 4.78 is 0. The molecule has 2 heterocycles. The van der Waals surface area contributed by atoms with E-state index in [0.29, 0.717) is 23.7 Å². The van der Waals surface area contributed by atoms with Crippen molar-refractivity contribution < 1.29 is 4.79 Å². The van der Waals surface area contributed by atoms with Crippen LogP contribution in [-0.2, 0) is 13.0 Å². The monoisotopic (exact) mass is 287 g/mol. The summed E-state index contributed by atoms with van der Waals surface area (Å²) >= 11 is 5.97. The summed E-state index contributed by atoms with van der Waals surface area (Å²) in [6.07, 6.45) is 4.19. The maximum Gasteiger partial charge on any atom is 0.258 e. The van der Waals surface area contributed by atoms with Crippen molar-refractivity contribution in [3.05, 3.63) is 58.4 Å². The van der Waals surface area contributed by atoms with E-state index in [-0.39, 0.29) is 5.91 Å². The van der Waals surface area contributed by atoms with Crippen molar-refractivity contribution >= 4 is 23.2 Å². The second kappa shape index (κ2) is 5.23. The van der Waals surface area contributed by atoms with Gasteiger partial charge in [0.2, 0.25) is 0 Å². The molecule has 2 N–H and O–H groups in total. The van der Waals surface area contributed by atoms with Crippen LogP contribution >= 0.6 is 11.6 Å². The molecule has 102 valence electrons. The molecule has 0 saturated heterocycles. The molecule has 1 aromatic carbocycles. The third-order valence-electron chi connectivity index (χ3n) is 3.48. The van der Waals surface area contributed by atoms with E-state index in [1.807, 2.05) is 12.1 Å². The van der Waals surface area contributed by atoms with Gasteiger partial charge < -0.3 is 10.6 Å². The van der Waals surface area contributed by atoms with Crippen LogP contribution in [0.2, 0.25) is 5.02 Å². The SMILES string of the molecule is NCc1cncc(N2CCc3cc(Cl)ccc3C2=O)c1. The molecule has 2 aromatic rings. The lowest BCUT2D eigenvalue weighted by Gasteiger charge is -2.28. The number of hydrogen-bond acceptors (Lipinski definition) is 3. The Kier molecular flexibility index (Phi) is 3.42. The molecule has 0 aliphatic carbocycles. The fraction of sp³-hybridized carbons (Fsp3) is 0.200. The molecule has 1 aliphatic rings. The Morgan fingerprint density at radius 2 is 2.15 bits per heavy atom. The highest BCUT2D eigenvalue weighted by Gasteiger charge is 2.25. The number of hydrogen-bond donors (Lipinski definition) is 1. The maximum absolute atomic E-state index is 12.6. The number of amides is 1. The third kappa shape index (κ3) is 2.28. The summed E-state index contributed by atoms with van der Waals surface area (Å²) in [5.41, 5.74) is 9.03. The number of carbonyl (C=O) groups is 1. The van der Waals surface area contributed by atoms with Crippen molar-refractivity contribution in [2.45, 2.75) is 13.0 Å². The number of nitrogens with two attached hydrogens (primary N) is 1. The number of nitrogens with zero attached hydrogens (tertiary/aromatic N) is 2. The minimum atomic E-state index is -0.0149. The van der Waals surface area contributed by atoms with Crippen molar-refractivity contribution in [1.82, 2.24) is 4.98 Å². The second-order valence-electron chi connectivity index (χ2n) is 4.76. The summed E-state index contributed by atoms with van der Waals surface area (Å²) in [5, 5.41) is 0.664. The standard InChI is InChI=1S/C15H14ClN3O/c16-12-1-2-14-11(6-12)3-4-19(15(14)20)13-5-10(7-17)8-18-9-13/h1-2,5-6,8-9H,3-4,7,17H2. The molecule has 0 fully saturated rings. The molecular formula is C15H14ClN3O. The fourth-order valence-electron chi connectivity index (χ4n) is 2.44. The maximum atomic E-state index is 12.6. The molecule has 3 rings (SSSR count). The molecule has 1 amide bonds. The molecule has 0 unspecified atom stereocenters. The van der Waals surface area contributed by atoms with Crippen molar-refractivity contribution in [2.24, 2.45) is 5.73 Å². The first-order valence-electron chi connectivity index (χ1n) is 6.43. The molecule has 0 radical (unpaired) electrons. The van der Waals surface area contributed by atoms with Gasteiger partial charge in [0.05, 0.1) is 11.9 Å². The third-order valence-corrected chi connectivity index (χ3v) is 3.71. The average Bonchev–Trinajstić information content (AvgIpc) is 2.47. The zero-order valence-corrected chi connectivity index (χ0v) is 11.6. The van der Waals surface area contributed by atoms with Crippen LogP contribution in [0.1, 0.15) is 21.5 Å². The molecule has 5 heteroatoms. The number of rotatable bonds is 2. The quantitative estimate of drug-likeness (QED) is 0.923. The van der Waals surface area contributed by atoms with Crippen LogP contribution < -0.4 is 10.6 Å². The van der Waals surface area contributed by atoms with Crippen molar-refractivity contribution in [3.63, 3.8) is 0 Å². The summed E-state index contributed by atoms with van der Waals surface area (Å²) in [4.78, 5) is 18.4. The highest BCUT2D eigenvalue weighted by molar-refractivity contribution is 6.30. The first kappa shape index (κ1) is 13.1. The number of anilines is 1. The number of pyridine rings is 1. The zero-order chi connectivity index (χ0) is 14.1. The molecule has 1 aromatic heterocycles. The van der Waals surface area contributed by atoms with Crippen molar-refractivity contribution in [3.8, 4) is 0 Å². The molecule has 20 heavy (non-hydrogen) atoms. The number of halogens is 1. The van der Waals surface area contributed by atoms with Crippen LogP contribution in [0.25, 0.3) is 0 Å². The van der Waals surface area contributed by atoms with E-state index in [1.165, 1.54) is 0 Å². The van der Waals surface area contributed by atoms with Gasteiger partial charge in [-0.2, -0.15) is 0 Å². The van der Waals surface area contributed by atoms with Crippen LogP contribution in [0.3, 0.4) is 0 Å². The van der Waals surface area contributed by atoms with E-state index in [2.05, 4.69) is 4.98 Å². The van der Waals surface area contributed by atoms with Crippen LogP contribution in [0, 0.1) is 0 Å². The second-order valence-corrected chi connectivity index (χ2v) is 5.20. The van der Waals surface area contributed by atoms with Gasteiger partial charge in [0.1, 0.15) is 0 Å². The Balaban J connectivity index is 1.97. The summed E-state index contributed by atoms with van der Waals surface area (Å²) in [6.45, 7) is 1.04. The fourth-order valence-corrected chi connectivity index (χ4v) is 2.63. The summed E-state index contributed by atoms with van der Waals surface area (Å²) in [5.74, 6) is -0.0149. The summed E-state index contributed by atoms with van der Waals surface area (Å²) in [6, 6.07) is 7.30. The topological polar surface area (TPSA) is 59.2 Å². The van der Waals surface area contributed by atoms with E-state index in [1.54, 1.807) is 29.4 Å². The van der Waals surface area contributed by atoms with Gasteiger partial charge in [-0.1, -0.05) is 11.6 Å². The molecule has 0 spiro atoms. The first-order chi connectivity index (χ1) is 9.69. The highest BCUT2D eigenvalue weighted by atomic mass is 35.5. The number of benzene rings is 1. The Hall–Kier alpha value is -1.91. The van der Waals surface area contributed by atoms with Gasteiger partial charge in [0, 0.05) is 29.9 Å². The van der Waals surface area contributed by atoms with Gasteiger partial charge in [0.25, 0.3) is 5.91 Å². The zero-order valence-electron chi connectivity index (χ0n) is 10.8. The van der Waals surface area contributed by atoms with Gasteiger partial charge in [0.15, 0.2) is 0 Å². The Labute approximate surface area is 122 Å². The van der Waals surface area contributed by atoms with Gasteiger partial charge in [-0.05, 0) is 41.8 Å². The highest BCUT2D eigenvalue weighted by Crippen LogP contribution is 2.26. The van der Waals surface area contributed by atoms with E-state index < -0.39 is 0 Å². The van der Waals surface area contributed by atoms with Gasteiger partial charge in [-0.15, -0.1) is 0 Å². The number of fused-ring (bicyclic) bond motifs is 1. The lowest BCUT2D eigenvalue weighted by Crippen LogP contribution is -2.37. The van der Waals surface area contributed by atoms with Crippen molar-refractivity contribution in [2.75, 3.05) is 11.4 Å². The number of carbonyl (C=O) groups excluding carboxylic acids is 1. The normalized spacial score (nSPS) is 14.3. The van der Waals surface area contributed by atoms with E-state index in [0.717, 1.165) is 23.2 Å². The minimum absolute atomic E-state index is 0.0149. The van der Waals surface area contributed by atoms with Gasteiger partial charge >= 0.3 is 0 Å². The van der Waals surface area contributed by atoms with Crippen molar-refractivity contribution in [1.29, 1.82) is 0 Å². The molecular weight excluding hydrogens is 274 g/mol. The molecule has 1 aliphatic heterocycles. The lowest BCUT2D eigenvalue weighted by atomic mass is 9.98. The van der Waals surface area contributed by atoms with Crippen LogP contribution in [0.5, 0.6) is 0 Å². The van der Waals surface area contributed by atoms with Gasteiger partial charge in [-0.25, -0.2) is 0 Å². The predicted molar refractivity (Wildman–Crippen MR) is 79.0 cm³/mol. The van der Waals surface area contributed by atoms with Crippen LogP contribution in [0.15, 0.2) is 36.7 Å². The minimum Gasteiger partial charge on any atom is -0.326 e. The molecule has 4 nitrogen and oxygen atoms in total. The van der Waals surface area contributed by atoms with Crippen LogP contribution in [-0.4, -0.2) is 17.4 Å². The predicted octanol–water partition coefficient (Wildman–Crippen LogP) is 2.40. The van der Waals surface area contributed by atoms with E-state index in [4.69, 9.17) is 17.3 Å². The Morgan fingerprint density at radius 3 is 2.95 bits per heavy atom. The Morgan fingerprint density at radius 1 is 1.30 bits per heavy atom. The Bertz CT molecular complexity index is 672. The smallest absolute Gasteiger partial charge is 0.258 e. The van der Waals surface area contributed by atoms with Crippen LogP contribution in [0.4, 0.5) is 5.69 Å². The molecule has 0 atom stereocenters. The van der Waals surface area contributed by atoms with Gasteiger partial charge in [-0.3, -0.25) is 9.78 Å². The largest absolute Gasteiger partial charge is 0.326 e. The van der Waals surface area contributed by atoms with E-state index >= 15 is 0 Å². The van der Waals surface area contributed by atoms with E-state index in [9.17, 15) is 4.79 Å². The summed E-state index contributed by atoms with van der Waals surface area (Å²) in [7, 11) is 0.